The molecule has 0 aromatic heterocycles. The van der Waals surface area contributed by atoms with Crippen molar-refractivity contribution in [2.24, 2.45) is 11.3 Å². The summed E-state index contributed by atoms with van der Waals surface area (Å²) in [5.74, 6) is -4.70. The van der Waals surface area contributed by atoms with Crippen LogP contribution in [0.25, 0.3) is 0 Å². The third-order valence-electron chi connectivity index (χ3n) is 5.00. The van der Waals surface area contributed by atoms with Crippen molar-refractivity contribution in [1.82, 2.24) is 0 Å². The fraction of sp³-hybridized carbons (Fsp3) is 0.455. The fourth-order valence-electron chi connectivity index (χ4n) is 3.78. The van der Waals surface area contributed by atoms with Gasteiger partial charge in [0, 0.05) is 16.0 Å². The van der Waals surface area contributed by atoms with Crippen LogP contribution in [0, 0.1) is 22.7 Å². The minimum absolute atomic E-state index is 0.0128. The largest absolute Gasteiger partial charge is 0.465 e. The molecule has 1 aliphatic rings. The predicted molar refractivity (Wildman–Crippen MR) is 111 cm³/mol. The number of esters is 3. The van der Waals surface area contributed by atoms with Crippen LogP contribution in [-0.4, -0.2) is 37.7 Å². The molecule has 8 heteroatoms. The highest BCUT2D eigenvalue weighted by Gasteiger charge is 2.62. The number of hydrogen-bond acceptors (Lipinski definition) is 7. The zero-order chi connectivity index (χ0) is 22.3. The molecule has 0 saturated carbocycles. The second-order valence-corrected chi connectivity index (χ2v) is 7.43. The molecule has 160 valence electrons. The third kappa shape index (κ3) is 4.26. The Bertz CT molecular complexity index is 890. The number of ether oxygens (including phenoxy) is 3. The zero-order valence-corrected chi connectivity index (χ0v) is 18.7. The van der Waals surface area contributed by atoms with Gasteiger partial charge in [-0.15, -0.1) is 0 Å². The van der Waals surface area contributed by atoms with Crippen molar-refractivity contribution in [2.75, 3.05) is 19.8 Å². The number of nitriles is 1. The van der Waals surface area contributed by atoms with E-state index >= 15 is 0 Å². The molecule has 30 heavy (non-hydrogen) atoms. The van der Waals surface area contributed by atoms with Gasteiger partial charge in [-0.25, -0.2) is 4.79 Å². The van der Waals surface area contributed by atoms with Crippen LogP contribution in [0.5, 0.6) is 0 Å². The first-order valence-corrected chi connectivity index (χ1v) is 10.5. The number of hydrogen-bond donors (Lipinski definition) is 0. The van der Waals surface area contributed by atoms with Crippen LogP contribution in [0.4, 0.5) is 0 Å². The van der Waals surface area contributed by atoms with Gasteiger partial charge in [-0.3, -0.25) is 9.59 Å². The second-order valence-electron chi connectivity index (χ2n) is 6.58. The van der Waals surface area contributed by atoms with Crippen LogP contribution in [0.2, 0.25) is 0 Å². The van der Waals surface area contributed by atoms with Crippen molar-refractivity contribution in [1.29, 1.82) is 5.26 Å². The second kappa shape index (κ2) is 10.4. The van der Waals surface area contributed by atoms with Crippen molar-refractivity contribution in [3.63, 3.8) is 0 Å². The molecule has 1 aromatic carbocycles. The van der Waals surface area contributed by atoms with Crippen LogP contribution >= 0.6 is 15.9 Å². The summed E-state index contributed by atoms with van der Waals surface area (Å²) in [4.78, 5) is 38.9. The molecule has 1 aliphatic carbocycles. The topological polar surface area (TPSA) is 103 Å². The number of carbonyl (C=O) groups excluding carboxylic acids is 3. The SMILES string of the molecule is CCOC(=O)C1=CC[C@H](c2ccccc2Br)[C@@](C#N)(C(=O)OCC)[C@@H]1C(=O)OCC. The summed E-state index contributed by atoms with van der Waals surface area (Å²) in [7, 11) is 0. The molecule has 0 amide bonds. The summed E-state index contributed by atoms with van der Waals surface area (Å²) >= 11 is 3.47. The van der Waals surface area contributed by atoms with Crippen LogP contribution in [0.3, 0.4) is 0 Å². The van der Waals surface area contributed by atoms with Gasteiger partial charge in [0.1, 0.15) is 5.92 Å². The van der Waals surface area contributed by atoms with E-state index in [1.54, 1.807) is 51.1 Å². The lowest BCUT2D eigenvalue weighted by Crippen LogP contribution is -2.51. The quantitative estimate of drug-likeness (QED) is 0.435. The highest BCUT2D eigenvalue weighted by molar-refractivity contribution is 9.10. The Morgan fingerprint density at radius 3 is 2.30 bits per heavy atom. The van der Waals surface area contributed by atoms with Gasteiger partial charge >= 0.3 is 17.9 Å². The van der Waals surface area contributed by atoms with E-state index in [-0.39, 0.29) is 31.8 Å². The normalized spacial score (nSPS) is 23.0. The molecule has 0 unspecified atom stereocenters. The minimum Gasteiger partial charge on any atom is -0.465 e. The number of carbonyl (C=O) groups is 3. The van der Waals surface area contributed by atoms with E-state index in [0.717, 1.165) is 0 Å². The summed E-state index contributed by atoms with van der Waals surface area (Å²) in [6.07, 6.45) is 1.72. The van der Waals surface area contributed by atoms with E-state index < -0.39 is 35.2 Å². The number of benzene rings is 1. The van der Waals surface area contributed by atoms with Crippen molar-refractivity contribution in [3.05, 3.63) is 46.0 Å². The summed E-state index contributed by atoms with van der Waals surface area (Å²) < 4.78 is 16.2. The molecule has 0 spiro atoms. The Morgan fingerprint density at radius 1 is 1.10 bits per heavy atom. The van der Waals surface area contributed by atoms with E-state index in [2.05, 4.69) is 15.9 Å². The maximum atomic E-state index is 13.2. The monoisotopic (exact) mass is 477 g/mol. The molecule has 3 atom stereocenters. The van der Waals surface area contributed by atoms with Crippen molar-refractivity contribution in [3.8, 4) is 6.07 Å². The summed E-state index contributed by atoms with van der Waals surface area (Å²) in [6.45, 7) is 4.97. The number of halogens is 1. The van der Waals surface area contributed by atoms with Gasteiger partial charge in [0.2, 0.25) is 0 Å². The summed E-state index contributed by atoms with van der Waals surface area (Å²) in [5.41, 5.74) is -1.41. The van der Waals surface area contributed by atoms with E-state index in [9.17, 15) is 19.6 Å². The van der Waals surface area contributed by atoms with Gasteiger partial charge < -0.3 is 14.2 Å². The predicted octanol–water partition coefficient (Wildman–Crippen LogP) is 3.68. The van der Waals surface area contributed by atoms with Crippen molar-refractivity contribution in [2.45, 2.75) is 33.1 Å². The van der Waals surface area contributed by atoms with E-state index in [0.29, 0.717) is 10.0 Å². The highest BCUT2D eigenvalue weighted by Crippen LogP contribution is 2.53. The van der Waals surface area contributed by atoms with Gasteiger partial charge in [-0.1, -0.05) is 40.2 Å². The molecule has 0 heterocycles. The molecule has 0 N–H and O–H groups in total. The minimum atomic E-state index is -2.00. The van der Waals surface area contributed by atoms with Crippen molar-refractivity contribution < 1.29 is 28.6 Å². The molecule has 7 nitrogen and oxygen atoms in total. The summed E-state index contributed by atoms with van der Waals surface area (Å²) in [6, 6.07) is 9.18. The molecular formula is C22H24BrNO6. The van der Waals surface area contributed by atoms with Crippen molar-refractivity contribution >= 4 is 33.8 Å². The van der Waals surface area contributed by atoms with Crippen LogP contribution in [-0.2, 0) is 28.6 Å². The Hall–Kier alpha value is -2.66. The van der Waals surface area contributed by atoms with Gasteiger partial charge in [-0.2, -0.15) is 5.26 Å². The van der Waals surface area contributed by atoms with Crippen LogP contribution < -0.4 is 0 Å². The Balaban J connectivity index is 2.80. The smallest absolute Gasteiger partial charge is 0.334 e. The molecule has 2 rings (SSSR count). The average Bonchev–Trinajstić information content (AvgIpc) is 2.73. The van der Waals surface area contributed by atoms with Gasteiger partial charge in [0.15, 0.2) is 5.41 Å². The lowest BCUT2D eigenvalue weighted by atomic mass is 9.58. The molecule has 0 radical (unpaired) electrons. The highest BCUT2D eigenvalue weighted by atomic mass is 79.9. The molecule has 1 aromatic rings. The zero-order valence-electron chi connectivity index (χ0n) is 17.1. The molecule has 0 fully saturated rings. The molecular weight excluding hydrogens is 454 g/mol. The maximum absolute atomic E-state index is 13.2. The van der Waals surface area contributed by atoms with E-state index in [1.807, 2.05) is 6.07 Å². The van der Waals surface area contributed by atoms with Gasteiger partial charge in [-0.05, 0) is 38.8 Å². The van der Waals surface area contributed by atoms with E-state index in [1.165, 1.54) is 0 Å². The Kier molecular flexibility index (Phi) is 8.18. The average molecular weight is 478 g/mol. The van der Waals surface area contributed by atoms with Gasteiger partial charge in [0.25, 0.3) is 0 Å². The first kappa shape index (κ1) is 23.6. The lowest BCUT2D eigenvalue weighted by molar-refractivity contribution is -0.167. The maximum Gasteiger partial charge on any atom is 0.334 e. The molecule has 0 bridgehead atoms. The number of nitrogens with zero attached hydrogens (tertiary/aromatic N) is 1. The first-order chi connectivity index (χ1) is 14.4. The van der Waals surface area contributed by atoms with Crippen LogP contribution in [0.1, 0.15) is 38.7 Å². The molecule has 0 aliphatic heterocycles. The van der Waals surface area contributed by atoms with Gasteiger partial charge in [0.05, 0.1) is 25.9 Å². The van der Waals surface area contributed by atoms with Crippen LogP contribution in [0.15, 0.2) is 40.4 Å². The summed E-state index contributed by atoms with van der Waals surface area (Å²) in [5, 5.41) is 10.3. The third-order valence-corrected chi connectivity index (χ3v) is 5.72. The fourth-order valence-corrected chi connectivity index (χ4v) is 4.34. The number of rotatable bonds is 7. The Morgan fingerprint density at radius 2 is 1.73 bits per heavy atom. The number of allylic oxidation sites excluding steroid dienone is 1. The molecule has 0 saturated heterocycles. The first-order valence-electron chi connectivity index (χ1n) is 9.75. The standard InChI is InChI=1S/C22H24BrNO6/c1-4-28-19(25)15-11-12-16(14-9-7-8-10-17(14)23)22(13-24,21(27)30-6-3)18(15)20(26)29-5-2/h7-11,16,18H,4-6,12H2,1-3H3/t16-,18+,22-/m1/s1. The lowest BCUT2D eigenvalue weighted by Gasteiger charge is -2.41. The Labute approximate surface area is 184 Å². The van der Waals surface area contributed by atoms with E-state index in [4.69, 9.17) is 14.2 Å².